The van der Waals surface area contributed by atoms with E-state index in [0.717, 1.165) is 24.0 Å². The molecule has 30 heavy (non-hydrogen) atoms. The van der Waals surface area contributed by atoms with E-state index in [0.29, 0.717) is 24.6 Å². The van der Waals surface area contributed by atoms with Gasteiger partial charge in [0.25, 0.3) is 0 Å². The maximum absolute atomic E-state index is 12.4. The first kappa shape index (κ1) is 21.2. The standard InChI is InChI=1S/C22H25N7O/c1-22(2,28-14-20(30)29-8-4-7-19(29)11-24)15-27-21-25-12-18(13-26-21)17-6-3-5-16(9-17)10-23/h3,5-6,9,12-13,19,28H,4,7-8,14-15H2,1-2H3,(H,25,26,27)/t19-/m0/s1. The zero-order chi connectivity index (χ0) is 21.6. The number of carbonyl (C=O) groups excluding carboxylic acids is 1. The lowest BCUT2D eigenvalue weighted by atomic mass is 10.1. The van der Waals surface area contributed by atoms with Crippen molar-refractivity contribution in [2.45, 2.75) is 38.3 Å². The fraction of sp³-hybridized carbons (Fsp3) is 0.409. The molecule has 0 radical (unpaired) electrons. The number of hydrogen-bond donors (Lipinski definition) is 2. The fourth-order valence-electron chi connectivity index (χ4n) is 3.32. The average Bonchev–Trinajstić information content (AvgIpc) is 3.26. The Morgan fingerprint density at radius 2 is 2.03 bits per heavy atom. The average molecular weight is 403 g/mol. The highest BCUT2D eigenvalue weighted by Crippen LogP contribution is 2.19. The summed E-state index contributed by atoms with van der Waals surface area (Å²) in [6.07, 6.45) is 5.06. The maximum atomic E-state index is 12.4. The van der Waals surface area contributed by atoms with Crippen molar-refractivity contribution in [2.24, 2.45) is 0 Å². The molecule has 0 spiro atoms. The minimum absolute atomic E-state index is 0.0488. The Morgan fingerprint density at radius 1 is 1.27 bits per heavy atom. The van der Waals surface area contributed by atoms with Crippen LogP contribution in [-0.4, -0.2) is 52.0 Å². The van der Waals surface area contributed by atoms with Gasteiger partial charge in [0.05, 0.1) is 24.2 Å². The molecule has 1 amide bonds. The molecule has 8 nitrogen and oxygen atoms in total. The predicted octanol–water partition coefficient (Wildman–Crippen LogP) is 2.31. The Hall–Kier alpha value is -3.49. The highest BCUT2D eigenvalue weighted by molar-refractivity contribution is 5.79. The lowest BCUT2D eigenvalue weighted by Gasteiger charge is -2.28. The number of aromatic nitrogens is 2. The molecular formula is C22H25N7O. The quantitative estimate of drug-likeness (QED) is 0.728. The van der Waals surface area contributed by atoms with Crippen LogP contribution in [0.4, 0.5) is 5.95 Å². The first-order chi connectivity index (χ1) is 14.4. The second-order valence-electron chi connectivity index (χ2n) is 7.95. The summed E-state index contributed by atoms with van der Waals surface area (Å²) < 4.78 is 0. The predicted molar refractivity (Wildman–Crippen MR) is 113 cm³/mol. The summed E-state index contributed by atoms with van der Waals surface area (Å²) in [6, 6.07) is 11.3. The Labute approximate surface area is 176 Å². The van der Waals surface area contributed by atoms with Crippen LogP contribution in [-0.2, 0) is 4.79 Å². The number of nitrogens with zero attached hydrogens (tertiary/aromatic N) is 5. The SMILES string of the molecule is CC(C)(CNc1ncc(-c2cccc(C#N)c2)cn1)NCC(=O)N1CCC[C@H]1C#N. The molecule has 1 atom stereocenters. The minimum atomic E-state index is -0.374. The third-order valence-corrected chi connectivity index (χ3v) is 5.11. The van der Waals surface area contributed by atoms with Gasteiger partial charge in [-0.1, -0.05) is 12.1 Å². The van der Waals surface area contributed by atoms with Crippen LogP contribution in [0.15, 0.2) is 36.7 Å². The maximum Gasteiger partial charge on any atom is 0.237 e. The molecule has 8 heteroatoms. The second kappa shape index (κ2) is 9.34. The molecule has 0 saturated carbocycles. The van der Waals surface area contributed by atoms with Crippen molar-refractivity contribution in [2.75, 3.05) is 25.0 Å². The van der Waals surface area contributed by atoms with Crippen LogP contribution in [0.5, 0.6) is 0 Å². The van der Waals surface area contributed by atoms with Crippen molar-refractivity contribution in [3.8, 4) is 23.3 Å². The highest BCUT2D eigenvalue weighted by Gasteiger charge is 2.29. The number of carbonyl (C=O) groups is 1. The molecule has 2 aromatic rings. The Bertz CT molecular complexity index is 972. The van der Waals surface area contributed by atoms with E-state index in [-0.39, 0.29) is 24.0 Å². The summed E-state index contributed by atoms with van der Waals surface area (Å²) in [4.78, 5) is 22.8. The molecule has 2 heterocycles. The summed E-state index contributed by atoms with van der Waals surface area (Å²) in [5.41, 5.74) is 1.94. The van der Waals surface area contributed by atoms with E-state index in [1.807, 2.05) is 26.0 Å². The van der Waals surface area contributed by atoms with Gasteiger partial charge in [-0.2, -0.15) is 10.5 Å². The lowest BCUT2D eigenvalue weighted by Crippen LogP contribution is -2.50. The second-order valence-corrected chi connectivity index (χ2v) is 7.95. The molecule has 0 aliphatic carbocycles. The van der Waals surface area contributed by atoms with Crippen molar-refractivity contribution < 1.29 is 4.79 Å². The van der Waals surface area contributed by atoms with Gasteiger partial charge in [-0.15, -0.1) is 0 Å². The molecule has 1 aliphatic heterocycles. The van der Waals surface area contributed by atoms with E-state index in [1.165, 1.54) is 0 Å². The molecule has 1 aromatic heterocycles. The van der Waals surface area contributed by atoms with Gasteiger partial charge in [-0.05, 0) is 44.4 Å². The van der Waals surface area contributed by atoms with Crippen LogP contribution in [0.3, 0.4) is 0 Å². The number of hydrogen-bond acceptors (Lipinski definition) is 7. The van der Waals surface area contributed by atoms with Crippen molar-refractivity contribution in [1.29, 1.82) is 10.5 Å². The van der Waals surface area contributed by atoms with Crippen molar-refractivity contribution in [3.63, 3.8) is 0 Å². The van der Waals surface area contributed by atoms with Gasteiger partial charge >= 0.3 is 0 Å². The largest absolute Gasteiger partial charge is 0.352 e. The molecule has 1 saturated heterocycles. The van der Waals surface area contributed by atoms with Crippen molar-refractivity contribution >= 4 is 11.9 Å². The molecular weight excluding hydrogens is 378 g/mol. The molecule has 1 aliphatic rings. The van der Waals surface area contributed by atoms with Crippen LogP contribution in [0.2, 0.25) is 0 Å². The number of benzene rings is 1. The number of nitriles is 2. The first-order valence-corrected chi connectivity index (χ1v) is 9.92. The lowest BCUT2D eigenvalue weighted by molar-refractivity contribution is -0.130. The number of amides is 1. The zero-order valence-corrected chi connectivity index (χ0v) is 17.2. The van der Waals surface area contributed by atoms with E-state index >= 15 is 0 Å². The topological polar surface area (TPSA) is 118 Å². The molecule has 3 rings (SSSR count). The normalized spacial score (nSPS) is 16.0. The van der Waals surface area contributed by atoms with Gasteiger partial charge in [0.2, 0.25) is 11.9 Å². The van der Waals surface area contributed by atoms with Gasteiger partial charge in [-0.25, -0.2) is 9.97 Å². The number of likely N-dealkylation sites (tertiary alicyclic amines) is 1. The van der Waals surface area contributed by atoms with Crippen molar-refractivity contribution in [1.82, 2.24) is 20.2 Å². The smallest absolute Gasteiger partial charge is 0.237 e. The summed E-state index contributed by atoms with van der Waals surface area (Å²) in [7, 11) is 0. The van der Waals surface area contributed by atoms with Gasteiger partial charge in [0.15, 0.2) is 0 Å². The van der Waals surface area contributed by atoms with E-state index in [9.17, 15) is 4.79 Å². The molecule has 154 valence electrons. The third kappa shape index (κ3) is 5.31. The van der Waals surface area contributed by atoms with Gasteiger partial charge in [-0.3, -0.25) is 4.79 Å². The highest BCUT2D eigenvalue weighted by atomic mass is 16.2. The van der Waals surface area contributed by atoms with Crippen LogP contribution in [0.1, 0.15) is 32.3 Å². The monoisotopic (exact) mass is 403 g/mol. The van der Waals surface area contributed by atoms with Crippen LogP contribution < -0.4 is 10.6 Å². The van der Waals surface area contributed by atoms with Crippen LogP contribution in [0.25, 0.3) is 11.1 Å². The van der Waals surface area contributed by atoms with Crippen LogP contribution >= 0.6 is 0 Å². The van der Waals surface area contributed by atoms with E-state index in [4.69, 9.17) is 10.5 Å². The first-order valence-electron chi connectivity index (χ1n) is 9.92. The molecule has 2 N–H and O–H groups in total. The van der Waals surface area contributed by atoms with E-state index in [1.54, 1.807) is 29.4 Å². The summed E-state index contributed by atoms with van der Waals surface area (Å²) in [5.74, 6) is 0.438. The van der Waals surface area contributed by atoms with Crippen LogP contribution in [0, 0.1) is 22.7 Å². The Balaban J connectivity index is 1.52. The fourth-order valence-corrected chi connectivity index (χ4v) is 3.32. The van der Waals surface area contributed by atoms with Gasteiger partial charge in [0.1, 0.15) is 6.04 Å². The number of rotatable bonds is 7. The summed E-state index contributed by atoms with van der Waals surface area (Å²) in [6.45, 7) is 5.32. The summed E-state index contributed by atoms with van der Waals surface area (Å²) in [5, 5.41) is 24.6. The molecule has 1 aromatic carbocycles. The molecule has 0 unspecified atom stereocenters. The van der Waals surface area contributed by atoms with Gasteiger partial charge in [0, 0.05) is 36.6 Å². The van der Waals surface area contributed by atoms with E-state index < -0.39 is 0 Å². The Morgan fingerprint density at radius 3 is 2.73 bits per heavy atom. The third-order valence-electron chi connectivity index (χ3n) is 5.11. The number of nitrogens with one attached hydrogen (secondary N) is 2. The van der Waals surface area contributed by atoms with Crippen molar-refractivity contribution in [3.05, 3.63) is 42.2 Å². The molecule has 1 fully saturated rings. The minimum Gasteiger partial charge on any atom is -0.352 e. The number of anilines is 1. The van der Waals surface area contributed by atoms with Gasteiger partial charge < -0.3 is 15.5 Å². The van der Waals surface area contributed by atoms with E-state index in [2.05, 4.69) is 32.7 Å². The zero-order valence-electron chi connectivity index (χ0n) is 17.2. The Kier molecular flexibility index (Phi) is 6.61. The summed E-state index contributed by atoms with van der Waals surface area (Å²) >= 11 is 0. The molecule has 0 bridgehead atoms.